The number of rotatable bonds is 7. The second-order valence-electron chi connectivity index (χ2n) is 10.1. The van der Waals surface area contributed by atoms with Gasteiger partial charge in [-0.15, -0.1) is 5.10 Å². The van der Waals surface area contributed by atoms with Gasteiger partial charge in [0.1, 0.15) is 30.3 Å². The zero-order chi connectivity index (χ0) is 26.7. The maximum Gasteiger partial charge on any atom is 0.233 e. The first-order valence-electron chi connectivity index (χ1n) is 12.5. The van der Waals surface area contributed by atoms with Crippen LogP contribution in [0.2, 0.25) is 0 Å². The smallest absolute Gasteiger partial charge is 0.233 e. The maximum atomic E-state index is 9.64. The van der Waals surface area contributed by atoms with Crippen molar-refractivity contribution in [1.29, 1.82) is 10.5 Å². The van der Waals surface area contributed by atoms with Crippen LogP contribution in [0.3, 0.4) is 0 Å². The topological polar surface area (TPSA) is 125 Å². The zero-order valence-corrected chi connectivity index (χ0v) is 21.6. The fourth-order valence-corrected chi connectivity index (χ4v) is 4.33. The van der Waals surface area contributed by atoms with E-state index in [-0.39, 0.29) is 12.7 Å². The van der Waals surface area contributed by atoms with E-state index in [1.54, 1.807) is 10.7 Å². The van der Waals surface area contributed by atoms with Gasteiger partial charge in [-0.3, -0.25) is 0 Å². The fraction of sp³-hybridized carbons (Fsp3) is 0.357. The fourth-order valence-electron chi connectivity index (χ4n) is 4.33. The number of hydrogen-bond acceptors (Lipinski definition) is 9. The minimum absolute atomic E-state index is 0.0934. The van der Waals surface area contributed by atoms with Crippen LogP contribution < -0.4 is 14.4 Å². The van der Waals surface area contributed by atoms with Gasteiger partial charge in [0, 0.05) is 49.3 Å². The molecule has 0 saturated carbocycles. The van der Waals surface area contributed by atoms with Crippen LogP contribution in [-0.2, 0) is 0 Å². The Kier molecular flexibility index (Phi) is 6.80. The number of aromatic nitrogens is 5. The first kappa shape index (κ1) is 25.0. The highest BCUT2D eigenvalue weighted by Gasteiger charge is 2.23. The number of ether oxygens (including phenoxy) is 2. The van der Waals surface area contributed by atoms with Gasteiger partial charge in [-0.1, -0.05) is 0 Å². The molecule has 38 heavy (non-hydrogen) atoms. The van der Waals surface area contributed by atoms with Crippen LogP contribution >= 0.6 is 0 Å². The molecule has 0 bridgehead atoms. The Morgan fingerprint density at radius 3 is 2.55 bits per heavy atom. The quantitative estimate of drug-likeness (QED) is 0.358. The number of hydrogen-bond donors (Lipinski definition) is 0. The van der Waals surface area contributed by atoms with E-state index in [4.69, 9.17) is 14.5 Å². The summed E-state index contributed by atoms with van der Waals surface area (Å²) < 4.78 is 13.6. The second-order valence-corrected chi connectivity index (χ2v) is 10.1. The number of pyridine rings is 2. The number of fused-ring (bicyclic) bond motifs is 1. The molecule has 1 aliphatic rings. The molecule has 1 aliphatic heterocycles. The maximum absolute atomic E-state index is 9.64. The second kappa shape index (κ2) is 10.3. The van der Waals surface area contributed by atoms with E-state index in [1.807, 2.05) is 57.3 Å². The van der Waals surface area contributed by atoms with Crippen LogP contribution in [0.4, 0.5) is 5.82 Å². The summed E-state index contributed by atoms with van der Waals surface area (Å²) in [5.74, 6) is 2.00. The third kappa shape index (κ3) is 5.35. The monoisotopic (exact) mass is 508 g/mol. The average molecular weight is 509 g/mol. The lowest BCUT2D eigenvalue weighted by molar-refractivity contribution is 0.162. The van der Waals surface area contributed by atoms with E-state index in [0.29, 0.717) is 22.7 Å². The third-order valence-corrected chi connectivity index (χ3v) is 6.50. The van der Waals surface area contributed by atoms with E-state index in [1.165, 1.54) is 6.20 Å². The molecule has 4 aromatic heterocycles. The number of aryl methyl sites for hydroxylation is 1. The Labute approximate surface area is 221 Å². The molecule has 0 unspecified atom stereocenters. The third-order valence-electron chi connectivity index (χ3n) is 6.50. The Morgan fingerprint density at radius 1 is 1.08 bits per heavy atom. The molecular weight excluding hydrogens is 480 g/mol. The number of nitriles is 2. The van der Waals surface area contributed by atoms with Crippen molar-refractivity contribution < 1.29 is 9.47 Å². The number of piperidine rings is 1. The van der Waals surface area contributed by atoms with Crippen molar-refractivity contribution in [3.8, 4) is 34.9 Å². The molecule has 192 valence electrons. The molecule has 5 rings (SSSR count). The van der Waals surface area contributed by atoms with Crippen molar-refractivity contribution in [2.24, 2.45) is 5.41 Å². The van der Waals surface area contributed by atoms with Gasteiger partial charge in [-0.25, -0.2) is 9.50 Å². The minimum atomic E-state index is -0.633. The Hall–Kier alpha value is -4.70. The van der Waals surface area contributed by atoms with Crippen molar-refractivity contribution in [2.45, 2.75) is 39.7 Å². The summed E-state index contributed by atoms with van der Waals surface area (Å²) in [5.41, 5.74) is 3.02. The van der Waals surface area contributed by atoms with Gasteiger partial charge in [0.15, 0.2) is 0 Å². The Balaban J connectivity index is 1.32. The van der Waals surface area contributed by atoms with Crippen LogP contribution in [0.1, 0.15) is 37.9 Å². The van der Waals surface area contributed by atoms with Crippen LogP contribution in [0.15, 0.2) is 48.9 Å². The van der Waals surface area contributed by atoms with Crippen molar-refractivity contribution in [3.63, 3.8) is 0 Å². The van der Waals surface area contributed by atoms with Gasteiger partial charge < -0.3 is 14.4 Å². The predicted molar refractivity (Wildman–Crippen MR) is 141 cm³/mol. The van der Waals surface area contributed by atoms with E-state index in [2.05, 4.69) is 32.3 Å². The van der Waals surface area contributed by atoms with Gasteiger partial charge in [-0.2, -0.15) is 20.7 Å². The van der Waals surface area contributed by atoms with Crippen molar-refractivity contribution in [3.05, 3.63) is 60.2 Å². The lowest BCUT2D eigenvalue weighted by Crippen LogP contribution is -2.38. The van der Waals surface area contributed by atoms with Crippen molar-refractivity contribution in [1.82, 2.24) is 24.8 Å². The largest absolute Gasteiger partial charge is 0.490 e. The van der Waals surface area contributed by atoms with Crippen LogP contribution in [0.25, 0.3) is 16.6 Å². The molecule has 0 radical (unpaired) electrons. The highest BCUT2D eigenvalue weighted by atomic mass is 16.5. The normalized spacial score (nSPS) is 14.2. The molecule has 0 amide bonds. The summed E-state index contributed by atoms with van der Waals surface area (Å²) in [6, 6.07) is 14.1. The van der Waals surface area contributed by atoms with Crippen LogP contribution in [0, 0.1) is 35.0 Å². The first-order chi connectivity index (χ1) is 18.3. The number of anilines is 1. The number of nitrogens with zero attached hydrogens (tertiary/aromatic N) is 8. The molecule has 0 atom stereocenters. The van der Waals surface area contributed by atoms with Crippen molar-refractivity contribution >= 4 is 11.3 Å². The average Bonchev–Trinajstić information content (AvgIpc) is 3.36. The SMILES string of the molecule is Cc1ccc(OC2CCN(c3ccc(-c4cc(OCC(C)(C)C#N)cn5ncc(C#N)c45)cn3)CC2)nn1. The molecule has 0 aliphatic carbocycles. The van der Waals surface area contributed by atoms with E-state index in [0.717, 1.165) is 48.6 Å². The van der Waals surface area contributed by atoms with Gasteiger partial charge in [0.25, 0.3) is 0 Å². The molecule has 0 aromatic carbocycles. The van der Waals surface area contributed by atoms with Crippen molar-refractivity contribution in [2.75, 3.05) is 24.6 Å². The summed E-state index contributed by atoms with van der Waals surface area (Å²) in [7, 11) is 0. The lowest BCUT2D eigenvalue weighted by Gasteiger charge is -2.32. The lowest BCUT2D eigenvalue weighted by atomic mass is 9.98. The molecule has 5 heterocycles. The zero-order valence-electron chi connectivity index (χ0n) is 21.6. The van der Waals surface area contributed by atoms with Gasteiger partial charge in [-0.05, 0) is 45.0 Å². The Morgan fingerprint density at radius 2 is 1.89 bits per heavy atom. The predicted octanol–water partition coefficient (Wildman–Crippen LogP) is 4.34. The molecule has 4 aromatic rings. The van der Waals surface area contributed by atoms with Crippen LogP contribution in [-0.4, -0.2) is 50.6 Å². The standard InChI is InChI=1S/C28H28N8O2/c1-19-4-7-26(34-33-19)38-22-8-10-35(11-9-22)25-6-5-20(14-31-25)24-12-23(37-18-28(2,3)17-30)16-36-27(24)21(13-29)15-32-36/h4-7,12,14-16,22H,8-11,18H2,1-3H3. The summed E-state index contributed by atoms with van der Waals surface area (Å²) in [4.78, 5) is 6.98. The summed E-state index contributed by atoms with van der Waals surface area (Å²) >= 11 is 0. The summed E-state index contributed by atoms with van der Waals surface area (Å²) in [6.07, 6.45) is 6.89. The molecule has 10 nitrogen and oxygen atoms in total. The molecule has 1 fully saturated rings. The summed E-state index contributed by atoms with van der Waals surface area (Å²) in [6.45, 7) is 7.41. The van der Waals surface area contributed by atoms with Gasteiger partial charge in [0.05, 0.1) is 40.7 Å². The van der Waals surface area contributed by atoms with E-state index >= 15 is 0 Å². The highest BCUT2D eigenvalue weighted by Crippen LogP contribution is 2.32. The highest BCUT2D eigenvalue weighted by molar-refractivity contribution is 5.85. The Bertz CT molecular complexity index is 1510. The summed E-state index contributed by atoms with van der Waals surface area (Å²) in [5, 5.41) is 31.5. The van der Waals surface area contributed by atoms with Gasteiger partial charge in [0.2, 0.25) is 5.88 Å². The van der Waals surface area contributed by atoms with Crippen LogP contribution in [0.5, 0.6) is 11.6 Å². The molecule has 0 spiro atoms. The molecule has 1 saturated heterocycles. The van der Waals surface area contributed by atoms with E-state index < -0.39 is 5.41 Å². The molecule has 0 N–H and O–H groups in total. The first-order valence-corrected chi connectivity index (χ1v) is 12.5. The van der Waals surface area contributed by atoms with E-state index in [9.17, 15) is 10.5 Å². The minimum Gasteiger partial charge on any atom is -0.490 e. The molecule has 10 heteroatoms. The molecular formula is C28H28N8O2. The van der Waals surface area contributed by atoms with Gasteiger partial charge >= 0.3 is 0 Å².